The van der Waals surface area contributed by atoms with Gasteiger partial charge in [0.25, 0.3) is 11.8 Å². The van der Waals surface area contributed by atoms with Crippen LogP contribution < -0.4 is 5.32 Å². The normalized spacial score (nSPS) is 23.2. The van der Waals surface area contributed by atoms with E-state index in [1.54, 1.807) is 24.3 Å². The molecule has 2 heterocycles. The number of nitrogens with one attached hydrogen (secondary N) is 1. The van der Waals surface area contributed by atoms with Crippen molar-refractivity contribution in [1.29, 1.82) is 0 Å². The van der Waals surface area contributed by atoms with Crippen LogP contribution in [-0.2, 0) is 4.79 Å². The third-order valence-electron chi connectivity index (χ3n) is 5.66. The highest BCUT2D eigenvalue weighted by Crippen LogP contribution is 2.32. The summed E-state index contributed by atoms with van der Waals surface area (Å²) in [6.07, 6.45) is 2.69. The van der Waals surface area contributed by atoms with Crippen molar-refractivity contribution in [2.24, 2.45) is 5.92 Å². The molecular formula is C22H22N2O3. The molecule has 0 radical (unpaired) electrons. The molecule has 0 bridgehead atoms. The van der Waals surface area contributed by atoms with Crippen LogP contribution in [0.5, 0.6) is 0 Å². The van der Waals surface area contributed by atoms with E-state index in [9.17, 15) is 14.4 Å². The van der Waals surface area contributed by atoms with Crippen LogP contribution in [0.3, 0.4) is 0 Å². The van der Waals surface area contributed by atoms with Crippen LogP contribution in [0, 0.1) is 5.92 Å². The number of hydrogen-bond acceptors (Lipinski definition) is 4. The average Bonchev–Trinajstić information content (AvgIpc) is 2.95. The average molecular weight is 362 g/mol. The van der Waals surface area contributed by atoms with Gasteiger partial charge in [-0.15, -0.1) is 0 Å². The summed E-state index contributed by atoms with van der Waals surface area (Å²) in [7, 11) is 0. The van der Waals surface area contributed by atoms with E-state index >= 15 is 0 Å². The van der Waals surface area contributed by atoms with Crippen LogP contribution in [0.2, 0.25) is 0 Å². The van der Waals surface area contributed by atoms with Crippen LogP contribution in [-0.4, -0.2) is 42.1 Å². The summed E-state index contributed by atoms with van der Waals surface area (Å²) in [5, 5.41) is 3.41. The Bertz CT molecular complexity index is 830. The lowest BCUT2D eigenvalue weighted by atomic mass is 9.79. The second kappa shape index (κ2) is 7.45. The maximum atomic E-state index is 12.6. The number of carbonyl (C=O) groups excluding carboxylic acids is 3. The molecule has 1 N–H and O–H groups in total. The third kappa shape index (κ3) is 3.30. The van der Waals surface area contributed by atoms with Gasteiger partial charge in [0, 0.05) is 18.5 Å². The van der Waals surface area contributed by atoms with Gasteiger partial charge >= 0.3 is 0 Å². The molecular weight excluding hydrogens is 340 g/mol. The SMILES string of the molecule is O=C[C@H](c1ccccc1)C1CCNC(CN2C(=O)c3ccccc3C2=O)C1. The molecule has 27 heavy (non-hydrogen) atoms. The van der Waals surface area contributed by atoms with Crippen LogP contribution >= 0.6 is 0 Å². The molecule has 0 aromatic heterocycles. The van der Waals surface area contributed by atoms with Crippen molar-refractivity contribution in [3.05, 3.63) is 71.3 Å². The number of aldehydes is 1. The summed E-state index contributed by atoms with van der Waals surface area (Å²) < 4.78 is 0. The molecule has 0 spiro atoms. The maximum Gasteiger partial charge on any atom is 0.261 e. The zero-order chi connectivity index (χ0) is 18.8. The third-order valence-corrected chi connectivity index (χ3v) is 5.66. The number of nitrogens with zero attached hydrogens (tertiary/aromatic N) is 1. The molecule has 2 unspecified atom stereocenters. The van der Waals surface area contributed by atoms with Crippen molar-refractivity contribution < 1.29 is 14.4 Å². The van der Waals surface area contributed by atoms with E-state index < -0.39 is 0 Å². The van der Waals surface area contributed by atoms with E-state index in [0.29, 0.717) is 17.7 Å². The van der Waals surface area contributed by atoms with Gasteiger partial charge in [-0.1, -0.05) is 42.5 Å². The van der Waals surface area contributed by atoms with Gasteiger partial charge in [-0.05, 0) is 43.0 Å². The quantitative estimate of drug-likeness (QED) is 0.656. The number of amides is 2. The standard InChI is InChI=1S/C22H22N2O3/c25-14-20(15-6-2-1-3-7-15)16-10-11-23-17(12-16)13-24-21(26)18-8-4-5-9-19(18)22(24)27/h1-9,14,16-17,20,23H,10-13H2/t16?,17?,20-/m1/s1. The second-order valence-electron chi connectivity index (χ2n) is 7.27. The number of carbonyl (C=O) groups is 3. The van der Waals surface area contributed by atoms with Crippen molar-refractivity contribution in [1.82, 2.24) is 10.2 Å². The van der Waals surface area contributed by atoms with Crippen LogP contribution in [0.25, 0.3) is 0 Å². The Morgan fingerprint density at radius 1 is 1.00 bits per heavy atom. The van der Waals surface area contributed by atoms with Gasteiger partial charge in [-0.25, -0.2) is 0 Å². The molecule has 0 saturated carbocycles. The molecule has 2 aromatic carbocycles. The molecule has 5 heteroatoms. The van der Waals surface area contributed by atoms with Gasteiger partial charge in [0.15, 0.2) is 0 Å². The lowest BCUT2D eigenvalue weighted by Crippen LogP contribution is -2.48. The Labute approximate surface area is 158 Å². The fraction of sp³-hybridized carbons (Fsp3) is 0.318. The van der Waals surface area contributed by atoms with E-state index in [4.69, 9.17) is 0 Å². The van der Waals surface area contributed by atoms with Gasteiger partial charge in [0.1, 0.15) is 6.29 Å². The first-order valence-electron chi connectivity index (χ1n) is 9.38. The van der Waals surface area contributed by atoms with Crippen LogP contribution in [0.15, 0.2) is 54.6 Å². The highest BCUT2D eigenvalue weighted by Gasteiger charge is 2.38. The van der Waals surface area contributed by atoms with Crippen molar-refractivity contribution in [3.63, 3.8) is 0 Å². The molecule has 1 fully saturated rings. The summed E-state index contributed by atoms with van der Waals surface area (Å²) >= 11 is 0. The first kappa shape index (κ1) is 17.6. The van der Waals surface area contributed by atoms with Gasteiger partial charge in [0.05, 0.1) is 11.1 Å². The van der Waals surface area contributed by atoms with Crippen LogP contribution in [0.4, 0.5) is 0 Å². The van der Waals surface area contributed by atoms with Crippen molar-refractivity contribution in [3.8, 4) is 0 Å². The number of fused-ring (bicyclic) bond motifs is 1. The first-order chi connectivity index (χ1) is 13.2. The van der Waals surface area contributed by atoms with E-state index in [-0.39, 0.29) is 29.7 Å². The van der Waals surface area contributed by atoms with Gasteiger partial charge in [0.2, 0.25) is 0 Å². The van der Waals surface area contributed by atoms with E-state index in [1.807, 2.05) is 30.3 Å². The molecule has 0 aliphatic carbocycles. The van der Waals surface area contributed by atoms with Gasteiger partial charge in [-0.2, -0.15) is 0 Å². The summed E-state index contributed by atoms with van der Waals surface area (Å²) in [5.41, 5.74) is 1.98. The highest BCUT2D eigenvalue weighted by atomic mass is 16.2. The Balaban J connectivity index is 1.47. The summed E-state index contributed by atoms with van der Waals surface area (Å²) in [6, 6.07) is 16.8. The molecule has 2 aromatic rings. The Kier molecular flexibility index (Phi) is 4.86. The van der Waals surface area contributed by atoms with Crippen LogP contribution in [0.1, 0.15) is 45.0 Å². The van der Waals surface area contributed by atoms with E-state index in [2.05, 4.69) is 5.32 Å². The molecule has 2 aliphatic rings. The highest BCUT2D eigenvalue weighted by molar-refractivity contribution is 6.21. The molecule has 1 saturated heterocycles. The lowest BCUT2D eigenvalue weighted by molar-refractivity contribution is -0.110. The van der Waals surface area contributed by atoms with Gasteiger partial charge in [-0.3, -0.25) is 14.5 Å². The number of imide groups is 1. The molecule has 5 nitrogen and oxygen atoms in total. The minimum absolute atomic E-state index is 0.00266. The molecule has 3 atom stereocenters. The summed E-state index contributed by atoms with van der Waals surface area (Å²) in [6.45, 7) is 1.11. The Morgan fingerprint density at radius 2 is 1.63 bits per heavy atom. The molecule has 4 rings (SSSR count). The second-order valence-corrected chi connectivity index (χ2v) is 7.27. The summed E-state index contributed by atoms with van der Waals surface area (Å²) in [4.78, 5) is 38.3. The molecule has 2 aliphatic heterocycles. The van der Waals surface area contributed by atoms with Crippen molar-refractivity contribution in [2.75, 3.05) is 13.1 Å². The topological polar surface area (TPSA) is 66.5 Å². The fourth-order valence-electron chi connectivity index (χ4n) is 4.27. The van der Waals surface area contributed by atoms with Crippen molar-refractivity contribution >= 4 is 18.1 Å². The number of hydrogen-bond donors (Lipinski definition) is 1. The lowest BCUT2D eigenvalue weighted by Gasteiger charge is -2.35. The fourth-order valence-corrected chi connectivity index (χ4v) is 4.27. The zero-order valence-electron chi connectivity index (χ0n) is 15.0. The van der Waals surface area contributed by atoms with E-state index in [1.165, 1.54) is 4.90 Å². The van der Waals surface area contributed by atoms with E-state index in [0.717, 1.165) is 31.2 Å². The summed E-state index contributed by atoms with van der Waals surface area (Å²) in [5.74, 6) is -0.409. The number of piperidine rings is 1. The minimum atomic E-state index is -0.227. The monoisotopic (exact) mass is 362 g/mol. The smallest absolute Gasteiger partial charge is 0.261 e. The Hall–Kier alpha value is -2.79. The number of benzene rings is 2. The molecule has 2 amide bonds. The Morgan fingerprint density at radius 3 is 2.26 bits per heavy atom. The molecule has 138 valence electrons. The zero-order valence-corrected chi connectivity index (χ0v) is 15.0. The largest absolute Gasteiger partial charge is 0.312 e. The maximum absolute atomic E-state index is 12.6. The first-order valence-corrected chi connectivity index (χ1v) is 9.38. The van der Waals surface area contributed by atoms with Crippen molar-refractivity contribution in [2.45, 2.75) is 24.8 Å². The predicted octanol–water partition coefficient (Wildman–Crippen LogP) is 2.63. The number of rotatable bonds is 5. The van der Waals surface area contributed by atoms with Gasteiger partial charge < -0.3 is 10.1 Å². The minimum Gasteiger partial charge on any atom is -0.312 e. The predicted molar refractivity (Wildman–Crippen MR) is 102 cm³/mol.